The summed E-state index contributed by atoms with van der Waals surface area (Å²) in [7, 11) is 0. The Labute approximate surface area is 135 Å². The van der Waals surface area contributed by atoms with E-state index in [4.69, 9.17) is 22.3 Å². The van der Waals surface area contributed by atoms with Crippen LogP contribution in [0.2, 0.25) is 0 Å². The molecule has 6 N–H and O–H groups in total. The Balaban J connectivity index is 2.07. The minimum atomic E-state index is 0.0679. The van der Waals surface area contributed by atoms with Crippen molar-refractivity contribution in [2.24, 2.45) is 11.5 Å². The molecule has 0 aliphatic rings. The van der Waals surface area contributed by atoms with E-state index in [1.54, 1.807) is 5.51 Å². The summed E-state index contributed by atoms with van der Waals surface area (Å²) in [6, 6.07) is 8.15. The molecule has 0 amide bonds. The lowest BCUT2D eigenvalue weighted by molar-refractivity contribution is 1.16. The normalized spacial score (nSPS) is 10.5. The van der Waals surface area contributed by atoms with Crippen LogP contribution in [0.4, 0.5) is 0 Å². The van der Waals surface area contributed by atoms with Crippen molar-refractivity contribution in [2.45, 2.75) is 10.6 Å². The van der Waals surface area contributed by atoms with E-state index in [2.05, 4.69) is 17.1 Å². The van der Waals surface area contributed by atoms with Gasteiger partial charge in [0.05, 0.1) is 15.4 Å². The van der Waals surface area contributed by atoms with Gasteiger partial charge in [0.1, 0.15) is 0 Å². The molecule has 0 bridgehead atoms. The number of rotatable bonds is 5. The molecule has 0 unspecified atom stereocenters. The van der Waals surface area contributed by atoms with Crippen molar-refractivity contribution >= 4 is 45.2 Å². The van der Waals surface area contributed by atoms with Gasteiger partial charge in [0.15, 0.2) is 10.3 Å². The Morgan fingerprint density at radius 1 is 1.14 bits per heavy atom. The maximum atomic E-state index is 7.36. The fourth-order valence-electron chi connectivity index (χ4n) is 1.71. The number of thioether (sulfide) groups is 2. The number of amidine groups is 2. The Bertz CT molecular complexity index is 636. The van der Waals surface area contributed by atoms with Crippen molar-refractivity contribution in [3.63, 3.8) is 0 Å². The summed E-state index contributed by atoms with van der Waals surface area (Å²) < 4.78 is 0.933. The molecule has 0 saturated heterocycles. The molecule has 0 spiro atoms. The summed E-state index contributed by atoms with van der Waals surface area (Å²) >= 11 is 4.06. The molecule has 21 heavy (non-hydrogen) atoms. The number of nitrogens with two attached hydrogens (primary N) is 2. The van der Waals surface area contributed by atoms with Gasteiger partial charge >= 0.3 is 0 Å². The van der Waals surface area contributed by atoms with Gasteiger partial charge in [0.2, 0.25) is 0 Å². The average Bonchev–Trinajstić information content (AvgIpc) is 2.86. The minimum absolute atomic E-state index is 0.0679. The van der Waals surface area contributed by atoms with Crippen LogP contribution in [0.1, 0.15) is 5.56 Å². The Kier molecular flexibility index (Phi) is 5.66. The molecule has 0 fully saturated rings. The Morgan fingerprint density at radius 3 is 2.48 bits per heavy atom. The lowest BCUT2D eigenvalue weighted by atomic mass is 10.1. The maximum Gasteiger partial charge on any atom is 0.156 e. The number of nitrogens with one attached hydrogen (secondary N) is 2. The molecular weight excluding hydrogens is 322 g/mol. The third kappa shape index (κ3) is 4.76. The number of hydrogen-bond donors (Lipinski definition) is 4. The highest BCUT2D eigenvalue weighted by atomic mass is 32.2. The molecular formula is C13H15N5S3. The van der Waals surface area contributed by atoms with E-state index in [1.807, 2.05) is 12.1 Å². The SMILES string of the molecule is N=C(N)SCCc1ccc(-c2ncsc2SC(=N)N)cc1. The summed E-state index contributed by atoms with van der Waals surface area (Å²) in [6.07, 6.45) is 0.872. The molecule has 110 valence electrons. The number of benzene rings is 1. The highest BCUT2D eigenvalue weighted by Crippen LogP contribution is 2.33. The van der Waals surface area contributed by atoms with Gasteiger partial charge in [-0.1, -0.05) is 36.0 Å². The lowest BCUT2D eigenvalue weighted by Gasteiger charge is -2.04. The first-order valence-corrected chi connectivity index (χ1v) is 8.76. The largest absolute Gasteiger partial charge is 0.379 e. The molecule has 0 saturated carbocycles. The zero-order chi connectivity index (χ0) is 15.2. The predicted octanol–water partition coefficient (Wildman–Crippen LogP) is 2.96. The number of hydrogen-bond acceptors (Lipinski definition) is 6. The first kappa shape index (κ1) is 15.9. The van der Waals surface area contributed by atoms with Crippen molar-refractivity contribution in [1.29, 1.82) is 10.8 Å². The van der Waals surface area contributed by atoms with Gasteiger partial charge in [0, 0.05) is 11.3 Å². The quantitative estimate of drug-likeness (QED) is 0.380. The second-order valence-corrected chi connectivity index (χ2v) is 7.42. The van der Waals surface area contributed by atoms with Crippen LogP contribution in [-0.4, -0.2) is 21.1 Å². The Morgan fingerprint density at radius 2 is 1.86 bits per heavy atom. The molecule has 0 aliphatic carbocycles. The van der Waals surface area contributed by atoms with Crippen LogP contribution in [0, 0.1) is 10.8 Å². The van der Waals surface area contributed by atoms with Crippen LogP contribution < -0.4 is 11.5 Å². The van der Waals surface area contributed by atoms with Gasteiger partial charge in [-0.3, -0.25) is 10.8 Å². The molecule has 0 radical (unpaired) electrons. The van der Waals surface area contributed by atoms with Crippen LogP contribution in [0.25, 0.3) is 11.3 Å². The van der Waals surface area contributed by atoms with Gasteiger partial charge in [-0.25, -0.2) is 4.98 Å². The standard InChI is InChI=1S/C13H15N5S3/c14-12(15)19-6-5-8-1-3-9(4-2-8)10-11(20-7-18-10)21-13(16)17/h1-4,7H,5-6H2,(H3,14,15)(H3,16,17). The number of aryl methyl sites for hydroxylation is 1. The van der Waals surface area contributed by atoms with Crippen LogP contribution in [-0.2, 0) is 6.42 Å². The summed E-state index contributed by atoms with van der Waals surface area (Å²) in [5, 5.41) is 14.8. The van der Waals surface area contributed by atoms with E-state index >= 15 is 0 Å². The topological polar surface area (TPSA) is 113 Å². The Hall–Kier alpha value is -1.51. The van der Waals surface area contributed by atoms with E-state index in [-0.39, 0.29) is 10.3 Å². The molecule has 1 heterocycles. The van der Waals surface area contributed by atoms with Gasteiger partial charge in [-0.15, -0.1) is 11.3 Å². The second-order valence-electron chi connectivity index (χ2n) is 4.11. The molecule has 0 aliphatic heterocycles. The second kappa shape index (κ2) is 7.48. The number of nitrogens with zero attached hydrogens (tertiary/aromatic N) is 1. The fraction of sp³-hybridized carbons (Fsp3) is 0.154. The molecule has 5 nitrogen and oxygen atoms in total. The van der Waals surface area contributed by atoms with Crippen molar-refractivity contribution in [1.82, 2.24) is 4.98 Å². The molecule has 0 atom stereocenters. The maximum absolute atomic E-state index is 7.36. The molecule has 2 aromatic rings. The van der Waals surface area contributed by atoms with Crippen LogP contribution in [0.3, 0.4) is 0 Å². The zero-order valence-corrected chi connectivity index (χ0v) is 13.6. The summed E-state index contributed by atoms with van der Waals surface area (Å²) in [4.78, 5) is 4.35. The third-order valence-corrected chi connectivity index (χ3v) is 5.09. The van der Waals surface area contributed by atoms with Gasteiger partial charge < -0.3 is 11.5 Å². The van der Waals surface area contributed by atoms with Crippen LogP contribution in [0.5, 0.6) is 0 Å². The van der Waals surface area contributed by atoms with E-state index < -0.39 is 0 Å². The number of aromatic nitrogens is 1. The van der Waals surface area contributed by atoms with Gasteiger partial charge in [0.25, 0.3) is 0 Å². The van der Waals surface area contributed by atoms with Gasteiger partial charge in [-0.05, 0) is 23.7 Å². The van der Waals surface area contributed by atoms with Gasteiger partial charge in [-0.2, -0.15) is 0 Å². The summed E-state index contributed by atoms with van der Waals surface area (Å²) in [6.45, 7) is 0. The summed E-state index contributed by atoms with van der Waals surface area (Å²) in [5.74, 6) is 0.802. The van der Waals surface area contributed by atoms with E-state index in [0.717, 1.165) is 27.6 Å². The fourth-order valence-corrected chi connectivity index (χ4v) is 3.86. The smallest absolute Gasteiger partial charge is 0.156 e. The highest BCUT2D eigenvalue weighted by Gasteiger charge is 2.10. The van der Waals surface area contributed by atoms with Crippen LogP contribution >= 0.6 is 34.9 Å². The lowest BCUT2D eigenvalue weighted by Crippen LogP contribution is -2.05. The van der Waals surface area contributed by atoms with Crippen LogP contribution in [0.15, 0.2) is 34.0 Å². The van der Waals surface area contributed by atoms with E-state index in [0.29, 0.717) is 0 Å². The van der Waals surface area contributed by atoms with E-state index in [1.165, 1.54) is 40.4 Å². The molecule has 1 aromatic carbocycles. The van der Waals surface area contributed by atoms with Crippen molar-refractivity contribution in [3.8, 4) is 11.3 Å². The average molecular weight is 337 g/mol. The molecule has 1 aromatic heterocycles. The van der Waals surface area contributed by atoms with Crippen molar-refractivity contribution in [2.75, 3.05) is 5.75 Å². The third-order valence-electron chi connectivity index (χ3n) is 2.61. The van der Waals surface area contributed by atoms with Crippen molar-refractivity contribution in [3.05, 3.63) is 35.3 Å². The minimum Gasteiger partial charge on any atom is -0.379 e. The molecule has 2 rings (SSSR count). The first-order chi connectivity index (χ1) is 10.1. The van der Waals surface area contributed by atoms with Crippen molar-refractivity contribution < 1.29 is 0 Å². The van der Waals surface area contributed by atoms with E-state index in [9.17, 15) is 0 Å². The monoisotopic (exact) mass is 337 g/mol. The number of thiazole rings is 1. The highest BCUT2D eigenvalue weighted by molar-refractivity contribution is 8.15. The predicted molar refractivity (Wildman–Crippen MR) is 93.4 cm³/mol. The molecule has 8 heteroatoms. The first-order valence-electron chi connectivity index (χ1n) is 6.07. The summed E-state index contributed by atoms with van der Waals surface area (Å²) in [5.41, 5.74) is 15.6. The zero-order valence-electron chi connectivity index (χ0n) is 11.1.